The number of ether oxygens (including phenoxy) is 1. The minimum atomic E-state index is -3.30. The fourth-order valence-electron chi connectivity index (χ4n) is 2.09. The Bertz CT molecular complexity index is 300. The van der Waals surface area contributed by atoms with Gasteiger partial charge < -0.3 is 4.74 Å². The highest BCUT2D eigenvalue weighted by atomic mass is 32.2. The molecule has 0 spiro atoms. The van der Waals surface area contributed by atoms with Crippen LogP contribution in [0.3, 0.4) is 0 Å². The molecule has 2 saturated heterocycles. The molecule has 6 heteroatoms. The van der Waals surface area contributed by atoms with Crippen molar-refractivity contribution >= 4 is 10.0 Å². The molecule has 2 fully saturated rings. The van der Waals surface area contributed by atoms with Gasteiger partial charge in [0.1, 0.15) is 0 Å². The van der Waals surface area contributed by atoms with Gasteiger partial charge in [0.2, 0.25) is 10.0 Å². The van der Waals surface area contributed by atoms with Crippen LogP contribution in [0.5, 0.6) is 0 Å². The molecule has 2 aliphatic heterocycles. The van der Waals surface area contributed by atoms with Crippen LogP contribution in [0.15, 0.2) is 0 Å². The second-order valence-corrected chi connectivity index (χ2v) is 5.83. The van der Waals surface area contributed by atoms with Crippen molar-refractivity contribution in [1.82, 2.24) is 4.90 Å². The van der Waals surface area contributed by atoms with Crippen molar-refractivity contribution in [2.24, 2.45) is 11.1 Å². The van der Waals surface area contributed by atoms with Gasteiger partial charge in [0.05, 0.1) is 25.0 Å². The Morgan fingerprint density at radius 2 is 2.14 bits per heavy atom. The lowest BCUT2D eigenvalue weighted by Crippen LogP contribution is -2.48. The number of nitrogens with two attached hydrogens (primary N) is 1. The zero-order valence-corrected chi connectivity index (χ0v) is 8.87. The van der Waals surface area contributed by atoms with Gasteiger partial charge in [-0.2, -0.15) is 0 Å². The third-order valence-electron chi connectivity index (χ3n) is 2.92. The van der Waals surface area contributed by atoms with Gasteiger partial charge in [0, 0.05) is 6.54 Å². The number of hydrogen-bond donors (Lipinski definition) is 1. The minimum Gasteiger partial charge on any atom is -0.378 e. The van der Waals surface area contributed by atoms with Gasteiger partial charge in [-0.05, 0) is 18.9 Å². The summed E-state index contributed by atoms with van der Waals surface area (Å²) in [6.07, 6.45) is 0.937. The van der Waals surface area contributed by atoms with Crippen molar-refractivity contribution in [1.29, 1.82) is 0 Å². The van der Waals surface area contributed by atoms with Crippen LogP contribution in [0.1, 0.15) is 6.42 Å². The Kier molecular flexibility index (Phi) is 2.79. The molecule has 0 amide bonds. The highest BCUT2D eigenvalue weighted by molar-refractivity contribution is 7.89. The summed E-state index contributed by atoms with van der Waals surface area (Å²) in [5, 5.41) is 5.01. The van der Waals surface area contributed by atoms with E-state index >= 15 is 0 Å². The summed E-state index contributed by atoms with van der Waals surface area (Å²) in [6.45, 7) is 3.42. The fourth-order valence-corrected chi connectivity index (χ4v) is 3.02. The van der Waals surface area contributed by atoms with Gasteiger partial charge in [-0.1, -0.05) is 0 Å². The van der Waals surface area contributed by atoms with E-state index in [9.17, 15) is 8.42 Å². The van der Waals surface area contributed by atoms with Crippen LogP contribution < -0.4 is 5.14 Å². The SMILES string of the molecule is NS(=O)(=O)CC1CCN(C2COC2)C1. The molecule has 0 radical (unpaired) electrons. The standard InChI is InChI=1S/C8H16N2O3S/c9-14(11,12)6-7-1-2-10(3-7)8-4-13-5-8/h7-8H,1-6H2,(H2,9,11,12). The monoisotopic (exact) mass is 220 g/mol. The molecule has 0 aromatic carbocycles. The van der Waals surface area contributed by atoms with E-state index in [2.05, 4.69) is 4.90 Å². The largest absolute Gasteiger partial charge is 0.378 e. The first kappa shape index (κ1) is 10.4. The zero-order chi connectivity index (χ0) is 10.2. The van der Waals surface area contributed by atoms with Gasteiger partial charge >= 0.3 is 0 Å². The van der Waals surface area contributed by atoms with E-state index in [0.717, 1.165) is 32.7 Å². The topological polar surface area (TPSA) is 72.6 Å². The molecule has 14 heavy (non-hydrogen) atoms. The maximum absolute atomic E-state index is 10.9. The first-order valence-electron chi connectivity index (χ1n) is 4.87. The van der Waals surface area contributed by atoms with Gasteiger partial charge in [0.25, 0.3) is 0 Å². The third-order valence-corrected chi connectivity index (χ3v) is 3.86. The number of rotatable bonds is 3. The van der Waals surface area contributed by atoms with Gasteiger partial charge in [-0.3, -0.25) is 4.90 Å². The predicted octanol–water partition coefficient (Wildman–Crippen LogP) is -1.00. The molecule has 0 aromatic rings. The van der Waals surface area contributed by atoms with Crippen molar-refractivity contribution in [3.63, 3.8) is 0 Å². The van der Waals surface area contributed by atoms with Crippen LogP contribution in [0.4, 0.5) is 0 Å². The average Bonchev–Trinajstić information content (AvgIpc) is 2.28. The van der Waals surface area contributed by atoms with E-state index in [1.165, 1.54) is 0 Å². The third kappa shape index (κ3) is 2.44. The van der Waals surface area contributed by atoms with Crippen molar-refractivity contribution in [3.8, 4) is 0 Å². The molecule has 0 bridgehead atoms. The highest BCUT2D eigenvalue weighted by Crippen LogP contribution is 2.22. The lowest BCUT2D eigenvalue weighted by Gasteiger charge is -2.34. The second kappa shape index (κ2) is 3.77. The van der Waals surface area contributed by atoms with Crippen LogP contribution in [0.25, 0.3) is 0 Å². The van der Waals surface area contributed by atoms with E-state index in [-0.39, 0.29) is 11.7 Å². The molecule has 1 unspecified atom stereocenters. The summed E-state index contributed by atoms with van der Waals surface area (Å²) in [5.74, 6) is 0.336. The molecule has 2 N–H and O–H groups in total. The van der Waals surface area contributed by atoms with Crippen LogP contribution in [0.2, 0.25) is 0 Å². The number of primary sulfonamides is 1. The number of nitrogens with zero attached hydrogens (tertiary/aromatic N) is 1. The first-order chi connectivity index (χ1) is 6.54. The quantitative estimate of drug-likeness (QED) is 0.662. The number of likely N-dealkylation sites (tertiary alicyclic amines) is 1. The molecule has 0 saturated carbocycles. The highest BCUT2D eigenvalue weighted by Gasteiger charge is 2.33. The first-order valence-corrected chi connectivity index (χ1v) is 6.58. The molecule has 82 valence electrons. The summed E-state index contributed by atoms with van der Waals surface area (Å²) in [6, 6.07) is 0.514. The molecular formula is C8H16N2O3S. The Hall–Kier alpha value is -0.170. The van der Waals surface area contributed by atoms with E-state index in [1.807, 2.05) is 0 Å². The van der Waals surface area contributed by atoms with E-state index < -0.39 is 10.0 Å². The molecule has 1 atom stereocenters. The summed E-state index contributed by atoms with van der Waals surface area (Å²) in [7, 11) is -3.30. The predicted molar refractivity (Wildman–Crippen MR) is 52.3 cm³/mol. The maximum atomic E-state index is 10.9. The maximum Gasteiger partial charge on any atom is 0.209 e. The summed E-state index contributed by atoms with van der Waals surface area (Å²) in [4.78, 5) is 2.30. The van der Waals surface area contributed by atoms with Gasteiger partial charge in [-0.25, -0.2) is 13.6 Å². The second-order valence-electron chi connectivity index (χ2n) is 4.17. The Balaban J connectivity index is 1.82. The summed E-state index contributed by atoms with van der Waals surface area (Å²) < 4.78 is 26.9. The van der Waals surface area contributed by atoms with Crippen molar-refractivity contribution in [2.45, 2.75) is 12.5 Å². The van der Waals surface area contributed by atoms with Crippen molar-refractivity contribution in [3.05, 3.63) is 0 Å². The van der Waals surface area contributed by atoms with E-state index in [0.29, 0.717) is 6.04 Å². The van der Waals surface area contributed by atoms with Crippen LogP contribution >= 0.6 is 0 Å². The molecule has 2 aliphatic rings. The fraction of sp³-hybridized carbons (Fsp3) is 1.00. The zero-order valence-electron chi connectivity index (χ0n) is 8.05. The smallest absolute Gasteiger partial charge is 0.209 e. The van der Waals surface area contributed by atoms with E-state index in [4.69, 9.17) is 9.88 Å². The van der Waals surface area contributed by atoms with Gasteiger partial charge in [0.15, 0.2) is 0 Å². The molecular weight excluding hydrogens is 204 g/mol. The van der Waals surface area contributed by atoms with Crippen molar-refractivity contribution in [2.75, 3.05) is 32.1 Å². The number of sulfonamides is 1. The minimum absolute atomic E-state index is 0.122. The Morgan fingerprint density at radius 3 is 2.64 bits per heavy atom. The average molecular weight is 220 g/mol. The van der Waals surface area contributed by atoms with E-state index in [1.54, 1.807) is 0 Å². The molecule has 0 aromatic heterocycles. The lowest BCUT2D eigenvalue weighted by atomic mass is 10.1. The molecule has 0 aliphatic carbocycles. The van der Waals surface area contributed by atoms with Gasteiger partial charge in [-0.15, -0.1) is 0 Å². The van der Waals surface area contributed by atoms with Crippen LogP contribution in [-0.2, 0) is 14.8 Å². The van der Waals surface area contributed by atoms with Crippen LogP contribution in [0, 0.1) is 5.92 Å². The Morgan fingerprint density at radius 1 is 1.43 bits per heavy atom. The molecule has 5 nitrogen and oxygen atoms in total. The van der Waals surface area contributed by atoms with Crippen molar-refractivity contribution < 1.29 is 13.2 Å². The molecule has 2 heterocycles. The molecule has 2 rings (SSSR count). The lowest BCUT2D eigenvalue weighted by molar-refractivity contribution is -0.0578. The summed E-state index contributed by atoms with van der Waals surface area (Å²) in [5.41, 5.74) is 0. The Labute approximate surface area is 84.3 Å². The normalized spacial score (nSPS) is 30.5. The van der Waals surface area contributed by atoms with Crippen LogP contribution in [-0.4, -0.2) is 51.4 Å². The number of hydrogen-bond acceptors (Lipinski definition) is 4. The summed E-state index contributed by atoms with van der Waals surface area (Å²) >= 11 is 0.